The zero-order valence-electron chi connectivity index (χ0n) is 8.79. The van der Waals surface area contributed by atoms with Gasteiger partial charge in [-0.25, -0.2) is 4.98 Å². The predicted octanol–water partition coefficient (Wildman–Crippen LogP) is 3.86. The molecule has 0 saturated heterocycles. The van der Waals surface area contributed by atoms with Gasteiger partial charge in [0.15, 0.2) is 10.9 Å². The summed E-state index contributed by atoms with van der Waals surface area (Å²) in [4.78, 5) is 3.93. The van der Waals surface area contributed by atoms with Crippen LogP contribution in [-0.4, -0.2) is 11.6 Å². The average molecular weight is 226 g/mol. The number of nitrogens with zero attached hydrogens (tertiary/aromatic N) is 1. The lowest BCUT2D eigenvalue weighted by Gasteiger charge is -2.06. The van der Waals surface area contributed by atoms with Gasteiger partial charge >= 0.3 is 0 Å². The zero-order valence-corrected chi connectivity index (χ0v) is 9.54. The third-order valence-electron chi connectivity index (χ3n) is 2.04. The highest BCUT2D eigenvalue weighted by Crippen LogP contribution is 2.20. The molecule has 1 heterocycles. The van der Waals surface area contributed by atoms with Crippen LogP contribution in [0.1, 0.15) is 25.7 Å². The molecule has 0 bridgehead atoms. The fourth-order valence-corrected chi connectivity index (χ4v) is 1.40. The monoisotopic (exact) mass is 225 g/mol. The molecule has 0 N–H and O–H groups in total. The Labute approximate surface area is 95.9 Å². The maximum Gasteiger partial charge on any atom is 0.171 e. The fourth-order valence-electron chi connectivity index (χ4n) is 1.23. The van der Waals surface area contributed by atoms with Crippen molar-refractivity contribution < 1.29 is 4.74 Å². The van der Waals surface area contributed by atoms with Crippen LogP contribution in [-0.2, 0) is 0 Å². The zero-order chi connectivity index (χ0) is 10.9. The van der Waals surface area contributed by atoms with E-state index in [9.17, 15) is 0 Å². The SMILES string of the molecule is C=CCCCCCOc1cccnc1Cl. The molecule has 1 aromatic rings. The van der Waals surface area contributed by atoms with Crippen molar-refractivity contribution in [1.29, 1.82) is 0 Å². The van der Waals surface area contributed by atoms with Crippen LogP contribution in [0.25, 0.3) is 0 Å². The van der Waals surface area contributed by atoms with Gasteiger partial charge in [0.25, 0.3) is 0 Å². The first-order valence-electron chi connectivity index (χ1n) is 5.19. The van der Waals surface area contributed by atoms with Crippen molar-refractivity contribution in [2.45, 2.75) is 25.7 Å². The molecule has 0 aromatic carbocycles. The van der Waals surface area contributed by atoms with Crippen LogP contribution in [0.15, 0.2) is 31.0 Å². The number of aromatic nitrogens is 1. The summed E-state index contributed by atoms with van der Waals surface area (Å²) in [5.41, 5.74) is 0. The van der Waals surface area contributed by atoms with Gasteiger partial charge in [0, 0.05) is 6.20 Å². The molecule has 15 heavy (non-hydrogen) atoms. The van der Waals surface area contributed by atoms with Gasteiger partial charge in [0.05, 0.1) is 6.61 Å². The first kappa shape index (κ1) is 12.1. The van der Waals surface area contributed by atoms with Gasteiger partial charge in [0.2, 0.25) is 0 Å². The normalized spacial score (nSPS) is 9.93. The number of ether oxygens (including phenoxy) is 1. The van der Waals surface area contributed by atoms with E-state index >= 15 is 0 Å². The molecule has 2 nitrogen and oxygen atoms in total. The second-order valence-corrected chi connectivity index (χ2v) is 3.64. The Balaban J connectivity index is 2.15. The van der Waals surface area contributed by atoms with Crippen molar-refractivity contribution in [3.63, 3.8) is 0 Å². The number of halogens is 1. The van der Waals surface area contributed by atoms with Crippen LogP contribution >= 0.6 is 11.6 Å². The summed E-state index contributed by atoms with van der Waals surface area (Å²) in [5.74, 6) is 0.669. The number of pyridine rings is 1. The number of hydrogen-bond donors (Lipinski definition) is 0. The number of allylic oxidation sites excluding steroid dienone is 1. The predicted molar refractivity (Wildman–Crippen MR) is 63.4 cm³/mol. The van der Waals surface area contributed by atoms with E-state index in [1.807, 2.05) is 18.2 Å². The molecular formula is C12H16ClNO. The van der Waals surface area contributed by atoms with Crippen molar-refractivity contribution >= 4 is 11.6 Å². The molecule has 0 aliphatic carbocycles. The van der Waals surface area contributed by atoms with Crippen LogP contribution in [0.2, 0.25) is 5.15 Å². The summed E-state index contributed by atoms with van der Waals surface area (Å²) in [7, 11) is 0. The van der Waals surface area contributed by atoms with E-state index in [0.29, 0.717) is 17.5 Å². The standard InChI is InChI=1S/C12H16ClNO/c1-2-3-4-5-6-10-15-11-8-7-9-14-12(11)13/h2,7-9H,1,3-6,10H2. The lowest BCUT2D eigenvalue weighted by Crippen LogP contribution is -1.98. The molecule has 0 radical (unpaired) electrons. The van der Waals surface area contributed by atoms with Crippen LogP contribution in [0.5, 0.6) is 5.75 Å². The maximum atomic E-state index is 5.84. The summed E-state index contributed by atoms with van der Waals surface area (Å²) in [6.07, 6.45) is 8.04. The Bertz CT molecular complexity index is 301. The molecule has 0 aliphatic heterocycles. The number of unbranched alkanes of at least 4 members (excludes halogenated alkanes) is 3. The highest BCUT2D eigenvalue weighted by molar-refractivity contribution is 6.30. The third kappa shape index (κ3) is 4.84. The molecule has 1 rings (SSSR count). The molecule has 0 atom stereocenters. The van der Waals surface area contributed by atoms with Crippen LogP contribution in [0.3, 0.4) is 0 Å². The van der Waals surface area contributed by atoms with Gasteiger partial charge in [-0.3, -0.25) is 0 Å². The van der Waals surface area contributed by atoms with E-state index in [4.69, 9.17) is 16.3 Å². The average Bonchev–Trinajstić information content (AvgIpc) is 2.25. The molecule has 0 saturated carbocycles. The highest BCUT2D eigenvalue weighted by Gasteiger charge is 1.99. The molecule has 0 amide bonds. The minimum Gasteiger partial charge on any atom is -0.490 e. The van der Waals surface area contributed by atoms with Crippen molar-refractivity contribution in [3.8, 4) is 5.75 Å². The Kier molecular flexibility index (Phi) is 5.86. The summed E-state index contributed by atoms with van der Waals surface area (Å²) < 4.78 is 5.50. The summed E-state index contributed by atoms with van der Waals surface area (Å²) >= 11 is 5.84. The molecular weight excluding hydrogens is 210 g/mol. The van der Waals surface area contributed by atoms with Crippen molar-refractivity contribution in [2.75, 3.05) is 6.61 Å². The van der Waals surface area contributed by atoms with E-state index < -0.39 is 0 Å². The van der Waals surface area contributed by atoms with Crippen molar-refractivity contribution in [1.82, 2.24) is 4.98 Å². The molecule has 1 aromatic heterocycles. The second-order valence-electron chi connectivity index (χ2n) is 3.28. The van der Waals surface area contributed by atoms with E-state index in [2.05, 4.69) is 11.6 Å². The van der Waals surface area contributed by atoms with Gasteiger partial charge in [-0.2, -0.15) is 0 Å². The summed E-state index contributed by atoms with van der Waals surface area (Å²) in [6.45, 7) is 4.38. The summed E-state index contributed by atoms with van der Waals surface area (Å²) in [6, 6.07) is 3.65. The van der Waals surface area contributed by atoms with Gasteiger partial charge in [-0.1, -0.05) is 17.7 Å². The van der Waals surface area contributed by atoms with E-state index in [1.165, 1.54) is 6.42 Å². The van der Waals surface area contributed by atoms with Crippen LogP contribution in [0.4, 0.5) is 0 Å². The van der Waals surface area contributed by atoms with E-state index in [-0.39, 0.29) is 0 Å². The number of hydrogen-bond acceptors (Lipinski definition) is 2. The Morgan fingerprint density at radius 1 is 1.40 bits per heavy atom. The quantitative estimate of drug-likeness (QED) is 0.399. The summed E-state index contributed by atoms with van der Waals surface area (Å²) in [5, 5.41) is 0.434. The molecule has 0 unspecified atom stereocenters. The Morgan fingerprint density at radius 3 is 3.00 bits per heavy atom. The topological polar surface area (TPSA) is 22.1 Å². The van der Waals surface area contributed by atoms with Crippen LogP contribution in [0, 0.1) is 0 Å². The molecule has 3 heteroatoms. The largest absolute Gasteiger partial charge is 0.490 e. The van der Waals surface area contributed by atoms with Crippen LogP contribution < -0.4 is 4.74 Å². The minimum absolute atomic E-state index is 0.434. The van der Waals surface area contributed by atoms with Crippen molar-refractivity contribution in [2.24, 2.45) is 0 Å². The van der Waals surface area contributed by atoms with Crippen molar-refractivity contribution in [3.05, 3.63) is 36.1 Å². The van der Waals surface area contributed by atoms with E-state index in [1.54, 1.807) is 6.20 Å². The molecule has 0 spiro atoms. The fraction of sp³-hybridized carbons (Fsp3) is 0.417. The Morgan fingerprint density at radius 2 is 2.27 bits per heavy atom. The maximum absolute atomic E-state index is 5.84. The minimum atomic E-state index is 0.434. The first-order chi connectivity index (χ1) is 7.34. The lowest BCUT2D eigenvalue weighted by molar-refractivity contribution is 0.304. The second kappa shape index (κ2) is 7.30. The molecule has 0 aliphatic rings. The highest BCUT2D eigenvalue weighted by atomic mass is 35.5. The molecule has 0 fully saturated rings. The van der Waals surface area contributed by atoms with Gasteiger partial charge in [-0.05, 0) is 37.8 Å². The first-order valence-corrected chi connectivity index (χ1v) is 5.56. The third-order valence-corrected chi connectivity index (χ3v) is 2.32. The number of rotatable bonds is 7. The van der Waals surface area contributed by atoms with Gasteiger partial charge < -0.3 is 4.74 Å². The smallest absolute Gasteiger partial charge is 0.171 e. The van der Waals surface area contributed by atoms with Gasteiger partial charge in [0.1, 0.15) is 0 Å². The van der Waals surface area contributed by atoms with E-state index in [0.717, 1.165) is 19.3 Å². The lowest BCUT2D eigenvalue weighted by atomic mass is 10.2. The molecule has 82 valence electrons. The van der Waals surface area contributed by atoms with Gasteiger partial charge in [-0.15, -0.1) is 6.58 Å². The Hall–Kier alpha value is -1.02.